The normalized spacial score (nSPS) is 16.6. The Hall–Kier alpha value is -0.920. The van der Waals surface area contributed by atoms with Gasteiger partial charge in [-0.1, -0.05) is 35.8 Å². The molecule has 1 unspecified atom stereocenters. The maximum absolute atomic E-state index is 12.8. The summed E-state index contributed by atoms with van der Waals surface area (Å²) in [7, 11) is 3.11. The van der Waals surface area contributed by atoms with Gasteiger partial charge in [-0.3, -0.25) is 4.99 Å². The van der Waals surface area contributed by atoms with Crippen molar-refractivity contribution >= 4 is 51.1 Å². The highest BCUT2D eigenvalue weighted by Gasteiger charge is 2.33. The second-order valence-electron chi connectivity index (χ2n) is 6.57. The van der Waals surface area contributed by atoms with Crippen molar-refractivity contribution < 1.29 is 14.3 Å². The van der Waals surface area contributed by atoms with E-state index < -0.39 is 0 Å². The minimum Gasteiger partial charge on any atom is -0.496 e. The topological polar surface area (TPSA) is 47.9 Å². The number of thioether (sulfide) groups is 2. The molecular weight excluding hydrogens is 470 g/mol. The highest BCUT2D eigenvalue weighted by molar-refractivity contribution is 9.10. The molecule has 29 heavy (non-hydrogen) atoms. The fourth-order valence-electron chi connectivity index (χ4n) is 3.44. The van der Waals surface area contributed by atoms with Crippen LogP contribution in [0.25, 0.3) is 0 Å². The first-order chi connectivity index (χ1) is 14.0. The molecule has 0 bridgehead atoms. The van der Waals surface area contributed by atoms with E-state index in [-0.39, 0.29) is 11.9 Å². The zero-order valence-electron chi connectivity index (χ0n) is 17.6. The lowest BCUT2D eigenvalue weighted by Gasteiger charge is -2.28. The average Bonchev–Trinajstić information content (AvgIpc) is 2.73. The molecule has 0 aromatic heterocycles. The third kappa shape index (κ3) is 6.79. The summed E-state index contributed by atoms with van der Waals surface area (Å²) < 4.78 is 11.8. The van der Waals surface area contributed by atoms with Crippen molar-refractivity contribution in [3.63, 3.8) is 0 Å². The van der Waals surface area contributed by atoms with Crippen molar-refractivity contribution in [1.29, 1.82) is 0 Å². The number of nitrogens with zero attached hydrogens (tertiary/aromatic N) is 1. The molecule has 7 heteroatoms. The lowest BCUT2D eigenvalue weighted by molar-refractivity contribution is -0.136. The molecule has 0 spiro atoms. The van der Waals surface area contributed by atoms with Crippen LogP contribution < -0.4 is 4.74 Å². The molecule has 0 saturated heterocycles. The van der Waals surface area contributed by atoms with Crippen LogP contribution in [-0.4, -0.2) is 48.9 Å². The Balaban J connectivity index is 2.50. The monoisotopic (exact) mass is 499 g/mol. The Morgan fingerprint density at radius 1 is 1.17 bits per heavy atom. The standard InChI is InChI=1S/C22H30BrNO3S2/c1-5-28-11-9-16-14-18(17-8-7-15(23)13-20(17)26-3)21(22(25)27-4)19(24-16)10-12-29-6-2/h7-8,13,18H,5-6,9-12,14H2,1-4H3. The number of rotatable bonds is 11. The van der Waals surface area contributed by atoms with Gasteiger partial charge in [0.05, 0.1) is 25.5 Å². The number of carbonyl (C=O) groups excluding carboxylic acids is 1. The number of halogens is 1. The Bertz CT molecular complexity index is 764. The Morgan fingerprint density at radius 3 is 2.48 bits per heavy atom. The fourth-order valence-corrected chi connectivity index (χ4v) is 5.07. The summed E-state index contributed by atoms with van der Waals surface area (Å²) >= 11 is 7.30. The third-order valence-electron chi connectivity index (χ3n) is 4.79. The van der Waals surface area contributed by atoms with Crippen molar-refractivity contribution in [2.24, 2.45) is 4.99 Å². The molecule has 0 N–H and O–H groups in total. The number of benzene rings is 1. The van der Waals surface area contributed by atoms with Crippen LogP contribution in [-0.2, 0) is 9.53 Å². The summed E-state index contributed by atoms with van der Waals surface area (Å²) in [5.41, 5.74) is 3.71. The van der Waals surface area contributed by atoms with E-state index in [1.807, 2.05) is 41.7 Å². The molecule has 2 rings (SSSR count). The summed E-state index contributed by atoms with van der Waals surface area (Å²) in [6.07, 6.45) is 2.42. The summed E-state index contributed by atoms with van der Waals surface area (Å²) in [5, 5.41) is 0. The van der Waals surface area contributed by atoms with Gasteiger partial charge in [0, 0.05) is 21.7 Å². The van der Waals surface area contributed by atoms with E-state index in [0.717, 1.165) is 69.5 Å². The molecule has 0 radical (unpaired) electrons. The minimum absolute atomic E-state index is 0.105. The van der Waals surface area contributed by atoms with E-state index in [9.17, 15) is 4.79 Å². The van der Waals surface area contributed by atoms with Crippen molar-refractivity contribution in [3.05, 3.63) is 39.5 Å². The van der Waals surface area contributed by atoms with E-state index >= 15 is 0 Å². The van der Waals surface area contributed by atoms with Gasteiger partial charge in [-0.25, -0.2) is 4.79 Å². The minimum atomic E-state index is -0.290. The molecule has 0 aliphatic carbocycles. The van der Waals surface area contributed by atoms with Gasteiger partial charge in [0.25, 0.3) is 0 Å². The molecule has 0 amide bonds. The molecular formula is C22H30BrNO3S2. The number of aliphatic imine (C=N–C) groups is 1. The van der Waals surface area contributed by atoms with Crippen molar-refractivity contribution in [2.75, 3.05) is 37.2 Å². The van der Waals surface area contributed by atoms with E-state index in [1.165, 1.54) is 7.11 Å². The molecule has 1 heterocycles. The molecule has 1 aliphatic heterocycles. The number of carbonyl (C=O) groups is 1. The maximum atomic E-state index is 12.8. The number of esters is 1. The van der Waals surface area contributed by atoms with Gasteiger partial charge in [0.2, 0.25) is 0 Å². The zero-order valence-corrected chi connectivity index (χ0v) is 20.8. The first-order valence-electron chi connectivity index (χ1n) is 9.92. The summed E-state index contributed by atoms with van der Waals surface area (Å²) in [6, 6.07) is 5.99. The van der Waals surface area contributed by atoms with E-state index in [1.54, 1.807) is 7.11 Å². The number of hydrogen-bond donors (Lipinski definition) is 0. The lowest BCUT2D eigenvalue weighted by atomic mass is 9.82. The molecule has 4 nitrogen and oxygen atoms in total. The predicted octanol–water partition coefficient (Wildman–Crippen LogP) is 6.10. The number of hydrogen-bond acceptors (Lipinski definition) is 6. The summed E-state index contributed by atoms with van der Waals surface area (Å²) in [6.45, 7) is 4.32. The van der Waals surface area contributed by atoms with Gasteiger partial charge in [0.1, 0.15) is 5.75 Å². The van der Waals surface area contributed by atoms with Crippen LogP contribution in [0.15, 0.2) is 38.9 Å². The molecule has 1 aromatic rings. The lowest BCUT2D eigenvalue weighted by Crippen LogP contribution is -2.23. The third-order valence-corrected chi connectivity index (χ3v) is 7.09. The van der Waals surface area contributed by atoms with Gasteiger partial charge in [-0.2, -0.15) is 23.5 Å². The van der Waals surface area contributed by atoms with Crippen LogP contribution in [0.3, 0.4) is 0 Å². The van der Waals surface area contributed by atoms with Crippen LogP contribution in [0.1, 0.15) is 44.6 Å². The smallest absolute Gasteiger partial charge is 0.336 e. The van der Waals surface area contributed by atoms with Crippen molar-refractivity contribution in [2.45, 2.75) is 39.0 Å². The summed E-state index contributed by atoms with van der Waals surface area (Å²) in [5.74, 6) is 4.52. The van der Waals surface area contributed by atoms with Crippen LogP contribution in [0.4, 0.5) is 0 Å². The molecule has 1 aromatic carbocycles. The largest absolute Gasteiger partial charge is 0.496 e. The zero-order chi connectivity index (χ0) is 21.2. The van der Waals surface area contributed by atoms with Crippen molar-refractivity contribution in [3.8, 4) is 5.75 Å². The second kappa shape index (κ2) is 12.7. The van der Waals surface area contributed by atoms with Gasteiger partial charge >= 0.3 is 5.97 Å². The van der Waals surface area contributed by atoms with Gasteiger partial charge < -0.3 is 9.47 Å². The second-order valence-corrected chi connectivity index (χ2v) is 10.3. The summed E-state index contributed by atoms with van der Waals surface area (Å²) in [4.78, 5) is 17.8. The van der Waals surface area contributed by atoms with Crippen LogP contribution in [0, 0.1) is 0 Å². The average molecular weight is 501 g/mol. The molecule has 1 aliphatic rings. The van der Waals surface area contributed by atoms with Gasteiger partial charge in [-0.05, 0) is 54.4 Å². The van der Waals surface area contributed by atoms with Crippen LogP contribution in [0.5, 0.6) is 5.75 Å². The molecule has 0 fully saturated rings. The van der Waals surface area contributed by atoms with E-state index in [2.05, 4.69) is 29.8 Å². The Morgan fingerprint density at radius 2 is 1.86 bits per heavy atom. The molecule has 1 atom stereocenters. The maximum Gasteiger partial charge on any atom is 0.336 e. The Kier molecular flexibility index (Phi) is 10.7. The first-order valence-corrected chi connectivity index (χ1v) is 13.0. The van der Waals surface area contributed by atoms with Crippen molar-refractivity contribution in [1.82, 2.24) is 0 Å². The predicted molar refractivity (Wildman–Crippen MR) is 130 cm³/mol. The SMILES string of the molecule is CCSCCC1=NC(CCSCC)=C(C(=O)OC)C(c2ccc(Br)cc2OC)C1. The van der Waals surface area contributed by atoms with Gasteiger partial charge in [-0.15, -0.1) is 0 Å². The number of methoxy groups -OCH3 is 2. The highest BCUT2D eigenvalue weighted by Crippen LogP contribution is 2.42. The van der Waals surface area contributed by atoms with Crippen LogP contribution in [0.2, 0.25) is 0 Å². The molecule has 0 saturated carbocycles. The van der Waals surface area contributed by atoms with E-state index in [4.69, 9.17) is 14.5 Å². The first kappa shape index (κ1) is 24.4. The Labute approximate surface area is 191 Å². The number of allylic oxidation sites excluding steroid dienone is 1. The fraction of sp³-hybridized carbons (Fsp3) is 0.545. The van der Waals surface area contributed by atoms with Gasteiger partial charge in [0.15, 0.2) is 0 Å². The highest BCUT2D eigenvalue weighted by atomic mass is 79.9. The van der Waals surface area contributed by atoms with Crippen LogP contribution >= 0.6 is 39.5 Å². The number of ether oxygens (including phenoxy) is 2. The van der Waals surface area contributed by atoms with E-state index in [0.29, 0.717) is 5.57 Å². The quantitative estimate of drug-likeness (QED) is 0.272. The molecule has 160 valence electrons.